The van der Waals surface area contributed by atoms with Crippen LogP contribution in [-0.2, 0) is 21.9 Å². The molecular formula is C24H24ClFN4O4S. The van der Waals surface area contributed by atoms with Crippen molar-refractivity contribution in [3.63, 3.8) is 0 Å². The van der Waals surface area contributed by atoms with Crippen LogP contribution in [-0.4, -0.2) is 34.6 Å². The molecule has 0 spiro atoms. The van der Waals surface area contributed by atoms with Crippen LogP contribution in [0.2, 0.25) is 5.02 Å². The number of nitrogens with one attached hydrogen (secondary N) is 2. The Morgan fingerprint density at radius 1 is 1.20 bits per heavy atom. The molecule has 2 saturated carbocycles. The lowest BCUT2D eigenvalue weighted by Gasteiger charge is -2.35. The van der Waals surface area contributed by atoms with Gasteiger partial charge in [-0.1, -0.05) is 25.4 Å². The van der Waals surface area contributed by atoms with Crippen LogP contribution in [0.5, 0.6) is 0 Å². The monoisotopic (exact) mass is 518 g/mol. The number of hydrogen-bond acceptors (Lipinski definition) is 5. The van der Waals surface area contributed by atoms with Crippen LogP contribution < -0.4 is 10.0 Å². The Labute approximate surface area is 206 Å². The maximum atomic E-state index is 13.5. The minimum Gasteiger partial charge on any atom is -0.321 e. The quantitative estimate of drug-likeness (QED) is 0.516. The molecule has 8 nitrogen and oxygen atoms in total. The fraction of sp³-hybridized carbons (Fsp3) is 0.375. The van der Waals surface area contributed by atoms with Gasteiger partial charge in [0, 0.05) is 24.5 Å². The van der Waals surface area contributed by atoms with Gasteiger partial charge in [0.25, 0.3) is 5.91 Å². The highest BCUT2D eigenvalue weighted by atomic mass is 35.5. The summed E-state index contributed by atoms with van der Waals surface area (Å²) in [7, 11) is -2.44. The van der Waals surface area contributed by atoms with E-state index in [9.17, 15) is 22.4 Å². The zero-order valence-corrected chi connectivity index (χ0v) is 20.9. The first kappa shape index (κ1) is 23.7. The second-order valence-electron chi connectivity index (χ2n) is 9.80. The predicted octanol–water partition coefficient (Wildman–Crippen LogP) is 4.51. The van der Waals surface area contributed by atoms with Gasteiger partial charge in [-0.3, -0.25) is 19.0 Å². The summed E-state index contributed by atoms with van der Waals surface area (Å²) in [5.41, 5.74) is 0.562. The van der Waals surface area contributed by atoms with Crippen LogP contribution in [0.3, 0.4) is 0 Å². The van der Waals surface area contributed by atoms with Gasteiger partial charge >= 0.3 is 0 Å². The molecule has 2 fully saturated rings. The van der Waals surface area contributed by atoms with Crippen molar-refractivity contribution in [2.45, 2.75) is 37.9 Å². The van der Waals surface area contributed by atoms with E-state index in [-0.39, 0.29) is 34.5 Å². The summed E-state index contributed by atoms with van der Waals surface area (Å²) >= 11 is 5.79. The number of nitrogens with zero attached hydrogens (tertiary/aromatic N) is 2. The molecule has 11 heteroatoms. The average Bonchev–Trinajstić information content (AvgIpc) is 3.30. The number of aryl methyl sites for hydroxylation is 1. The molecule has 1 aromatic heterocycles. The number of halogens is 2. The number of anilines is 2. The summed E-state index contributed by atoms with van der Waals surface area (Å²) in [5, 5.41) is 7.40. The van der Waals surface area contributed by atoms with Crippen molar-refractivity contribution in [2.24, 2.45) is 18.4 Å². The van der Waals surface area contributed by atoms with Crippen LogP contribution in [0.25, 0.3) is 10.9 Å². The maximum Gasteiger partial charge on any atom is 0.274 e. The molecule has 1 amide bonds. The van der Waals surface area contributed by atoms with Gasteiger partial charge in [0.15, 0.2) is 10.5 Å². The number of fused-ring (bicyclic) bond motifs is 3. The third-order valence-electron chi connectivity index (χ3n) is 7.73. The van der Waals surface area contributed by atoms with Gasteiger partial charge in [-0.25, -0.2) is 12.8 Å². The van der Waals surface area contributed by atoms with Crippen molar-refractivity contribution >= 4 is 55.6 Å². The number of carbonyl (C=O) groups is 2. The molecule has 0 unspecified atom stereocenters. The third-order valence-corrected chi connectivity index (χ3v) is 10.4. The summed E-state index contributed by atoms with van der Waals surface area (Å²) in [6, 6.07) is 8.53. The normalized spacial score (nSPS) is 23.1. The van der Waals surface area contributed by atoms with Crippen LogP contribution >= 0.6 is 11.6 Å². The van der Waals surface area contributed by atoms with E-state index in [1.807, 2.05) is 13.8 Å². The topological polar surface area (TPSA) is 110 Å². The number of carbonyl (C=O) groups excluding carboxylic acids is 2. The van der Waals surface area contributed by atoms with E-state index in [0.29, 0.717) is 29.4 Å². The molecule has 2 N–H and O–H groups in total. The maximum absolute atomic E-state index is 13.5. The predicted molar refractivity (Wildman–Crippen MR) is 131 cm³/mol. The highest BCUT2D eigenvalue weighted by Gasteiger charge is 2.71. The number of amides is 1. The first-order valence-electron chi connectivity index (χ1n) is 11.2. The fourth-order valence-corrected chi connectivity index (χ4v) is 8.23. The second-order valence-corrected chi connectivity index (χ2v) is 12.1. The van der Waals surface area contributed by atoms with Crippen LogP contribution in [0.1, 0.15) is 43.6 Å². The zero-order valence-electron chi connectivity index (χ0n) is 19.4. The second kappa shape index (κ2) is 7.76. The molecule has 2 aliphatic rings. The SMILES string of the molecule is Cn1nc2cc(NS(=O)(=O)[C@]34CC[C@H](CC3=O)C4(C)C)ccc2c1C(=O)Nc1ccc(F)c(Cl)c1. The van der Waals surface area contributed by atoms with Gasteiger partial charge < -0.3 is 5.32 Å². The average molecular weight is 519 g/mol. The van der Waals surface area contributed by atoms with Crippen molar-refractivity contribution in [1.82, 2.24) is 9.78 Å². The Balaban J connectivity index is 1.45. The summed E-state index contributed by atoms with van der Waals surface area (Å²) < 4.78 is 43.0. The number of sulfonamides is 1. The van der Waals surface area contributed by atoms with Crippen molar-refractivity contribution in [2.75, 3.05) is 10.0 Å². The molecule has 2 aromatic carbocycles. The van der Waals surface area contributed by atoms with Gasteiger partial charge in [0.05, 0.1) is 16.2 Å². The van der Waals surface area contributed by atoms with Crippen molar-refractivity contribution in [1.29, 1.82) is 0 Å². The summed E-state index contributed by atoms with van der Waals surface area (Å²) in [6.45, 7) is 3.71. The molecule has 184 valence electrons. The highest BCUT2D eigenvalue weighted by Crippen LogP contribution is 2.62. The lowest BCUT2D eigenvalue weighted by molar-refractivity contribution is -0.121. The molecule has 0 aliphatic heterocycles. The number of rotatable bonds is 5. The first-order valence-corrected chi connectivity index (χ1v) is 13.0. The van der Waals surface area contributed by atoms with Gasteiger partial charge in [-0.05, 0) is 60.6 Å². The Morgan fingerprint density at radius 2 is 1.91 bits per heavy atom. The van der Waals surface area contributed by atoms with E-state index in [0.717, 1.165) is 6.07 Å². The number of ketones is 1. The number of hydrogen-bond donors (Lipinski definition) is 2. The van der Waals surface area contributed by atoms with Gasteiger partial charge in [0.2, 0.25) is 10.0 Å². The lowest BCUT2D eigenvalue weighted by atomic mass is 9.81. The summed E-state index contributed by atoms with van der Waals surface area (Å²) in [5.74, 6) is -1.26. The molecule has 0 saturated heterocycles. The zero-order chi connectivity index (χ0) is 25.3. The standard InChI is InChI=1S/C24H24ClFN4O4S/c1-23(2)13-8-9-24(23,20(31)10-13)35(33,34)29-15-4-6-16-19(12-15)28-30(3)21(16)22(32)27-14-5-7-18(26)17(25)11-14/h4-7,11-13,29H,8-10H2,1-3H3,(H,27,32)/t13-,24-/m1/s1. The van der Waals surface area contributed by atoms with E-state index in [1.165, 1.54) is 22.9 Å². The molecule has 2 bridgehead atoms. The minimum absolute atomic E-state index is 0.0573. The van der Waals surface area contributed by atoms with E-state index in [2.05, 4.69) is 15.1 Å². The van der Waals surface area contributed by atoms with Crippen LogP contribution in [0, 0.1) is 17.2 Å². The summed E-state index contributed by atoms with van der Waals surface area (Å²) in [4.78, 5) is 25.8. The first-order chi connectivity index (χ1) is 16.4. The van der Waals surface area contributed by atoms with Crippen LogP contribution in [0.4, 0.5) is 15.8 Å². The molecule has 0 radical (unpaired) electrons. The van der Waals surface area contributed by atoms with Crippen molar-refractivity contribution < 1.29 is 22.4 Å². The lowest BCUT2D eigenvalue weighted by Crippen LogP contribution is -2.53. The van der Waals surface area contributed by atoms with E-state index >= 15 is 0 Å². The van der Waals surface area contributed by atoms with E-state index in [1.54, 1.807) is 19.2 Å². The molecule has 3 aromatic rings. The number of aromatic nitrogens is 2. The largest absolute Gasteiger partial charge is 0.321 e. The molecule has 35 heavy (non-hydrogen) atoms. The fourth-order valence-electron chi connectivity index (χ4n) is 5.81. The Kier molecular flexibility index (Phi) is 5.27. The van der Waals surface area contributed by atoms with Crippen LogP contribution in [0.15, 0.2) is 36.4 Å². The molecule has 5 rings (SSSR count). The van der Waals surface area contributed by atoms with E-state index in [4.69, 9.17) is 11.6 Å². The molecular weight excluding hydrogens is 495 g/mol. The number of Topliss-reactive ketones (excluding diaryl/α,β-unsaturated/α-hetero) is 1. The smallest absolute Gasteiger partial charge is 0.274 e. The van der Waals surface area contributed by atoms with Gasteiger partial charge in [-0.15, -0.1) is 0 Å². The van der Waals surface area contributed by atoms with Crippen molar-refractivity contribution in [3.05, 3.63) is 52.9 Å². The third kappa shape index (κ3) is 3.37. The van der Waals surface area contributed by atoms with Crippen molar-refractivity contribution in [3.8, 4) is 0 Å². The van der Waals surface area contributed by atoms with Gasteiger partial charge in [-0.2, -0.15) is 5.10 Å². The number of benzene rings is 2. The molecule has 1 heterocycles. The van der Waals surface area contributed by atoms with Gasteiger partial charge in [0.1, 0.15) is 11.5 Å². The Bertz CT molecular complexity index is 1520. The molecule has 2 aliphatic carbocycles. The highest BCUT2D eigenvalue weighted by molar-refractivity contribution is 7.95. The van der Waals surface area contributed by atoms with E-state index < -0.39 is 31.9 Å². The molecule has 2 atom stereocenters. The Morgan fingerprint density at radius 3 is 2.54 bits per heavy atom. The summed E-state index contributed by atoms with van der Waals surface area (Å²) in [6.07, 6.45) is 1.30. The minimum atomic E-state index is -4.03. The Hall–Kier alpha value is -2.98.